The number of carbonyl (C=O) groups is 1. The van der Waals surface area contributed by atoms with Gasteiger partial charge in [0.05, 0.1) is 23.4 Å². The van der Waals surface area contributed by atoms with Gasteiger partial charge in [0.1, 0.15) is 0 Å². The quantitative estimate of drug-likeness (QED) is 0.870. The van der Waals surface area contributed by atoms with Crippen LogP contribution < -0.4 is 0 Å². The minimum Gasteiger partial charge on any atom is -0.476 e. The van der Waals surface area contributed by atoms with Gasteiger partial charge >= 0.3 is 5.97 Å². The van der Waals surface area contributed by atoms with Crippen LogP contribution in [0.3, 0.4) is 0 Å². The second-order valence-electron chi connectivity index (χ2n) is 3.58. The summed E-state index contributed by atoms with van der Waals surface area (Å²) in [6, 6.07) is 0. The number of hydrogen-bond donors (Lipinski definition) is 1. The third kappa shape index (κ3) is 2.50. The predicted molar refractivity (Wildman–Crippen MR) is 62.2 cm³/mol. The Bertz CT molecular complexity index is 506. The van der Waals surface area contributed by atoms with Crippen LogP contribution in [0.4, 0.5) is 0 Å². The fraction of sp³-hybridized carbons (Fsp3) is 0.400. The third-order valence-corrected chi connectivity index (χ3v) is 2.96. The van der Waals surface area contributed by atoms with Crippen LogP contribution in [0, 0.1) is 0 Å². The van der Waals surface area contributed by atoms with Gasteiger partial charge in [-0.1, -0.05) is 18.6 Å². The lowest BCUT2D eigenvalue weighted by molar-refractivity contribution is 0.0689. The van der Waals surface area contributed by atoms with Gasteiger partial charge in [-0.15, -0.1) is 16.4 Å². The molecule has 2 heterocycles. The number of nitrogens with zero attached hydrogens (tertiary/aromatic N) is 4. The Kier molecular flexibility index (Phi) is 3.48. The van der Waals surface area contributed by atoms with Crippen molar-refractivity contribution in [3.8, 4) is 0 Å². The van der Waals surface area contributed by atoms with Gasteiger partial charge in [0, 0.05) is 5.38 Å². The minimum atomic E-state index is -1.03. The molecule has 0 aliphatic heterocycles. The molecule has 2 aromatic rings. The summed E-state index contributed by atoms with van der Waals surface area (Å²) in [5, 5.41) is 18.5. The zero-order chi connectivity index (χ0) is 12.3. The zero-order valence-electron chi connectivity index (χ0n) is 9.33. The number of aromatic nitrogens is 4. The normalized spacial score (nSPS) is 10.6. The molecule has 0 aliphatic rings. The molecule has 0 saturated carbocycles. The van der Waals surface area contributed by atoms with Crippen molar-refractivity contribution >= 4 is 17.3 Å². The zero-order valence-corrected chi connectivity index (χ0v) is 10.1. The smallest absolute Gasteiger partial charge is 0.358 e. The second-order valence-corrected chi connectivity index (χ2v) is 4.30. The lowest BCUT2D eigenvalue weighted by atomic mass is 10.2. The summed E-state index contributed by atoms with van der Waals surface area (Å²) in [5.41, 5.74) is 3.31. The van der Waals surface area contributed by atoms with Crippen molar-refractivity contribution in [1.29, 1.82) is 0 Å². The lowest BCUT2D eigenvalue weighted by Gasteiger charge is -2.03. The first-order chi connectivity index (χ1) is 8.22. The third-order valence-electron chi connectivity index (χ3n) is 2.32. The van der Waals surface area contributed by atoms with Crippen molar-refractivity contribution in [2.75, 3.05) is 0 Å². The molecule has 0 amide bonds. The average Bonchev–Trinajstić information content (AvgIpc) is 2.90. The molecule has 7 heteroatoms. The number of carboxylic acid groups (broad SMARTS) is 1. The highest BCUT2D eigenvalue weighted by molar-refractivity contribution is 7.07. The lowest BCUT2D eigenvalue weighted by Crippen LogP contribution is -2.09. The van der Waals surface area contributed by atoms with Gasteiger partial charge in [-0.2, -0.15) is 0 Å². The van der Waals surface area contributed by atoms with E-state index in [-0.39, 0.29) is 5.69 Å². The molecule has 2 aromatic heterocycles. The van der Waals surface area contributed by atoms with E-state index in [0.717, 1.165) is 12.1 Å². The molecular formula is C10H12N4O2S. The van der Waals surface area contributed by atoms with Gasteiger partial charge in [0.15, 0.2) is 5.69 Å². The van der Waals surface area contributed by atoms with Crippen LogP contribution in [0.5, 0.6) is 0 Å². The molecule has 0 fully saturated rings. The molecule has 17 heavy (non-hydrogen) atoms. The Morgan fingerprint density at radius 2 is 2.41 bits per heavy atom. The minimum absolute atomic E-state index is 0.0436. The Hall–Kier alpha value is -1.76. The molecule has 0 spiro atoms. The SMILES string of the molecule is CCCc1c(C(=O)O)nnn1Cc1cscn1. The molecule has 0 saturated heterocycles. The van der Waals surface area contributed by atoms with Crippen molar-refractivity contribution in [1.82, 2.24) is 20.0 Å². The first-order valence-corrected chi connectivity index (χ1v) is 6.19. The van der Waals surface area contributed by atoms with E-state index in [1.807, 2.05) is 12.3 Å². The van der Waals surface area contributed by atoms with E-state index in [1.54, 1.807) is 10.2 Å². The standard InChI is InChI=1S/C10H12N4O2S/c1-2-3-8-9(10(15)16)12-13-14(8)4-7-5-17-6-11-7/h5-6H,2-4H2,1H3,(H,15,16). The molecule has 2 rings (SSSR count). The fourth-order valence-electron chi connectivity index (χ4n) is 1.58. The molecule has 0 radical (unpaired) electrons. The van der Waals surface area contributed by atoms with Crippen LogP contribution in [0.2, 0.25) is 0 Å². The topological polar surface area (TPSA) is 80.9 Å². The maximum absolute atomic E-state index is 11.0. The van der Waals surface area contributed by atoms with E-state index in [1.165, 1.54) is 11.3 Å². The van der Waals surface area contributed by atoms with Crippen molar-refractivity contribution in [3.63, 3.8) is 0 Å². The monoisotopic (exact) mass is 252 g/mol. The number of carboxylic acids is 1. The number of rotatable bonds is 5. The molecule has 0 bridgehead atoms. The highest BCUT2D eigenvalue weighted by Crippen LogP contribution is 2.11. The Balaban J connectivity index is 2.30. The van der Waals surface area contributed by atoms with E-state index >= 15 is 0 Å². The van der Waals surface area contributed by atoms with Crippen LogP contribution in [-0.4, -0.2) is 31.1 Å². The van der Waals surface area contributed by atoms with Crippen LogP contribution in [0.1, 0.15) is 35.2 Å². The summed E-state index contributed by atoms with van der Waals surface area (Å²) in [4.78, 5) is 15.1. The Morgan fingerprint density at radius 1 is 1.59 bits per heavy atom. The van der Waals surface area contributed by atoms with Crippen molar-refractivity contribution in [2.24, 2.45) is 0 Å². The highest BCUT2D eigenvalue weighted by atomic mass is 32.1. The molecular weight excluding hydrogens is 240 g/mol. The van der Waals surface area contributed by atoms with Crippen LogP contribution in [0.15, 0.2) is 10.9 Å². The van der Waals surface area contributed by atoms with Crippen molar-refractivity contribution < 1.29 is 9.90 Å². The summed E-state index contributed by atoms with van der Waals surface area (Å²) in [6.07, 6.45) is 1.50. The summed E-state index contributed by atoms with van der Waals surface area (Å²) in [7, 11) is 0. The van der Waals surface area contributed by atoms with Gasteiger partial charge in [-0.3, -0.25) is 0 Å². The Morgan fingerprint density at radius 3 is 3.00 bits per heavy atom. The molecule has 0 atom stereocenters. The Labute approximate surface area is 102 Å². The van der Waals surface area contributed by atoms with Crippen LogP contribution in [0.25, 0.3) is 0 Å². The van der Waals surface area contributed by atoms with Crippen molar-refractivity contribution in [3.05, 3.63) is 28.0 Å². The molecule has 1 N–H and O–H groups in total. The van der Waals surface area contributed by atoms with Crippen molar-refractivity contribution in [2.45, 2.75) is 26.3 Å². The number of thiazole rings is 1. The molecule has 0 unspecified atom stereocenters. The van der Waals surface area contributed by atoms with Gasteiger partial charge in [-0.25, -0.2) is 14.5 Å². The molecule has 90 valence electrons. The predicted octanol–water partition coefficient (Wildman–Crippen LogP) is 1.43. The van der Waals surface area contributed by atoms with Gasteiger partial charge in [0.2, 0.25) is 0 Å². The summed E-state index contributed by atoms with van der Waals surface area (Å²) >= 11 is 1.50. The van der Waals surface area contributed by atoms with Gasteiger partial charge < -0.3 is 5.11 Å². The van der Waals surface area contributed by atoms with E-state index in [2.05, 4.69) is 15.3 Å². The van der Waals surface area contributed by atoms with Crippen LogP contribution in [-0.2, 0) is 13.0 Å². The van der Waals surface area contributed by atoms with E-state index in [9.17, 15) is 4.79 Å². The maximum atomic E-state index is 11.0. The first kappa shape index (κ1) is 11.7. The molecule has 0 aliphatic carbocycles. The van der Waals surface area contributed by atoms with Gasteiger partial charge in [0.25, 0.3) is 0 Å². The largest absolute Gasteiger partial charge is 0.476 e. The van der Waals surface area contributed by atoms with E-state index < -0.39 is 5.97 Å². The summed E-state index contributed by atoms with van der Waals surface area (Å²) < 4.78 is 1.61. The van der Waals surface area contributed by atoms with Crippen LogP contribution >= 0.6 is 11.3 Å². The maximum Gasteiger partial charge on any atom is 0.358 e. The summed E-state index contributed by atoms with van der Waals surface area (Å²) in [5.74, 6) is -1.03. The van der Waals surface area contributed by atoms with E-state index in [4.69, 9.17) is 5.11 Å². The fourth-order valence-corrected chi connectivity index (χ4v) is 2.13. The highest BCUT2D eigenvalue weighted by Gasteiger charge is 2.18. The first-order valence-electron chi connectivity index (χ1n) is 5.25. The van der Waals surface area contributed by atoms with E-state index in [0.29, 0.717) is 18.7 Å². The molecule has 0 aromatic carbocycles. The number of hydrogen-bond acceptors (Lipinski definition) is 5. The van der Waals surface area contributed by atoms with Gasteiger partial charge in [-0.05, 0) is 6.42 Å². The average molecular weight is 252 g/mol. The molecule has 6 nitrogen and oxygen atoms in total. The second kappa shape index (κ2) is 5.05. The summed E-state index contributed by atoms with van der Waals surface area (Å²) in [6.45, 7) is 2.46. The number of aromatic carboxylic acids is 1.